The topological polar surface area (TPSA) is 36.0 Å². The Morgan fingerprint density at radius 1 is 1.00 bits per heavy atom. The number of nitrogens with zero attached hydrogens (tertiary/aromatic N) is 3. The van der Waals surface area contributed by atoms with Crippen LogP contribution in [0.15, 0.2) is 18.2 Å². The summed E-state index contributed by atoms with van der Waals surface area (Å²) >= 11 is 0. The molecule has 3 saturated heterocycles. The van der Waals surface area contributed by atoms with Crippen LogP contribution in [-0.4, -0.2) is 66.6 Å². The molecule has 1 aliphatic carbocycles. The maximum absolute atomic E-state index is 14.9. The lowest BCUT2D eigenvalue weighted by Crippen LogP contribution is -2.43. The molecule has 1 atom stereocenters. The second kappa shape index (κ2) is 10.3. The Bertz CT molecular complexity index is 814. The molecular weight excluding hydrogens is 417 g/mol. The summed E-state index contributed by atoms with van der Waals surface area (Å²) in [6.07, 6.45) is 14.2. The van der Waals surface area contributed by atoms with Crippen LogP contribution in [0.3, 0.4) is 0 Å². The fourth-order valence-electron chi connectivity index (χ4n) is 6.85. The van der Waals surface area contributed by atoms with Gasteiger partial charge in [-0.2, -0.15) is 0 Å². The molecule has 33 heavy (non-hydrogen) atoms. The molecule has 1 unspecified atom stereocenters. The van der Waals surface area contributed by atoms with Crippen LogP contribution in [0.25, 0.3) is 0 Å². The number of carbonyl (C=O) groups excluding carboxylic acids is 1. The maximum atomic E-state index is 14.9. The van der Waals surface area contributed by atoms with Crippen molar-refractivity contribution in [2.45, 2.75) is 88.6 Å². The molecule has 5 rings (SSSR count). The zero-order valence-electron chi connectivity index (χ0n) is 20.1. The number of anilines is 1. The molecule has 0 aromatic heterocycles. The predicted molar refractivity (Wildman–Crippen MR) is 129 cm³/mol. The molecule has 4 fully saturated rings. The highest BCUT2D eigenvalue weighted by molar-refractivity contribution is 5.96. The molecule has 1 aromatic rings. The van der Waals surface area contributed by atoms with Gasteiger partial charge in [0.1, 0.15) is 0 Å². The summed E-state index contributed by atoms with van der Waals surface area (Å²) in [4.78, 5) is 19.6. The van der Waals surface area contributed by atoms with E-state index in [0.29, 0.717) is 30.0 Å². The summed E-state index contributed by atoms with van der Waals surface area (Å²) in [7, 11) is 0. The number of carbonyl (C=O) groups is 1. The molecule has 3 aliphatic heterocycles. The Morgan fingerprint density at radius 3 is 2.58 bits per heavy atom. The molecule has 4 aliphatic rings. The quantitative estimate of drug-likeness (QED) is 0.516. The average molecular weight is 458 g/mol. The van der Waals surface area contributed by atoms with E-state index in [0.717, 1.165) is 39.0 Å². The minimum atomic E-state index is -0.364. The second-order valence-electron chi connectivity index (χ2n) is 10.7. The van der Waals surface area contributed by atoms with Gasteiger partial charge in [0.25, 0.3) is 0 Å². The van der Waals surface area contributed by atoms with Crippen LogP contribution in [0.5, 0.6) is 5.75 Å². The van der Waals surface area contributed by atoms with Crippen molar-refractivity contribution >= 4 is 11.6 Å². The fourth-order valence-corrected chi connectivity index (χ4v) is 6.85. The molecule has 1 saturated carbocycles. The van der Waals surface area contributed by atoms with Gasteiger partial charge in [0, 0.05) is 36.8 Å². The Morgan fingerprint density at radius 2 is 1.79 bits per heavy atom. The third kappa shape index (κ3) is 5.07. The van der Waals surface area contributed by atoms with Crippen molar-refractivity contribution in [1.82, 2.24) is 9.80 Å². The lowest BCUT2D eigenvalue weighted by atomic mass is 9.94. The number of hydrogen-bond acceptors (Lipinski definition) is 4. The zero-order chi connectivity index (χ0) is 22.7. The number of amides is 1. The average Bonchev–Trinajstić information content (AvgIpc) is 3.55. The second-order valence-corrected chi connectivity index (χ2v) is 10.7. The van der Waals surface area contributed by atoms with E-state index >= 15 is 0 Å². The van der Waals surface area contributed by atoms with Crippen LogP contribution in [0.4, 0.5) is 10.1 Å². The van der Waals surface area contributed by atoms with Crippen molar-refractivity contribution in [2.24, 2.45) is 0 Å². The largest absolute Gasteiger partial charge is 0.490 e. The summed E-state index contributed by atoms with van der Waals surface area (Å²) in [5, 5.41) is 0. The Hall–Kier alpha value is -1.66. The molecule has 0 radical (unpaired) electrons. The maximum Gasteiger partial charge on any atom is 0.227 e. The highest BCUT2D eigenvalue weighted by atomic mass is 19.1. The number of hydrogen-bond donors (Lipinski definition) is 0. The third-order valence-corrected chi connectivity index (χ3v) is 8.54. The first-order chi connectivity index (χ1) is 16.1. The summed E-state index contributed by atoms with van der Waals surface area (Å²) in [5.74, 6) is 0.0452. The summed E-state index contributed by atoms with van der Waals surface area (Å²) in [6, 6.07) is 5.21. The van der Waals surface area contributed by atoms with Crippen molar-refractivity contribution in [3.05, 3.63) is 24.0 Å². The monoisotopic (exact) mass is 457 g/mol. The van der Waals surface area contributed by atoms with E-state index in [-0.39, 0.29) is 17.8 Å². The lowest BCUT2D eigenvalue weighted by Gasteiger charge is -2.35. The Labute approximate surface area is 198 Å². The van der Waals surface area contributed by atoms with Gasteiger partial charge in [0.15, 0.2) is 11.6 Å². The van der Waals surface area contributed by atoms with Crippen molar-refractivity contribution in [2.75, 3.05) is 44.2 Å². The zero-order valence-corrected chi connectivity index (χ0v) is 20.1. The molecular formula is C27H40FN3O2. The predicted octanol–water partition coefficient (Wildman–Crippen LogP) is 4.98. The van der Waals surface area contributed by atoms with E-state index in [1.165, 1.54) is 70.4 Å². The van der Waals surface area contributed by atoms with Gasteiger partial charge in [-0.25, -0.2) is 4.39 Å². The first-order valence-corrected chi connectivity index (χ1v) is 13.4. The Kier molecular flexibility index (Phi) is 7.21. The van der Waals surface area contributed by atoms with Crippen molar-refractivity contribution in [3.63, 3.8) is 0 Å². The molecule has 0 bridgehead atoms. The Balaban J connectivity index is 1.14. The molecule has 6 heteroatoms. The number of rotatable bonds is 8. The van der Waals surface area contributed by atoms with Crippen LogP contribution in [0.1, 0.15) is 77.0 Å². The highest BCUT2D eigenvalue weighted by Crippen LogP contribution is 2.43. The number of benzene rings is 1. The summed E-state index contributed by atoms with van der Waals surface area (Å²) in [5.41, 5.74) is 1.13. The smallest absolute Gasteiger partial charge is 0.227 e. The summed E-state index contributed by atoms with van der Waals surface area (Å²) < 4.78 is 20.7. The standard InChI is InChI=1S/C27H40FN3O2/c28-24-20-22(31-23(9-11-26(31)32)21-29-15-4-1-5-16-29)8-10-25(24)33-19-7-18-30-17-6-14-27(30)12-2-3-13-27/h8,10,20,23H,1-7,9,11-19,21H2. The number of piperidine rings is 1. The van der Waals surface area contributed by atoms with Crippen LogP contribution < -0.4 is 9.64 Å². The number of halogens is 1. The van der Waals surface area contributed by atoms with E-state index in [4.69, 9.17) is 4.74 Å². The van der Waals surface area contributed by atoms with Gasteiger partial charge in [0.05, 0.1) is 12.6 Å². The molecule has 5 nitrogen and oxygen atoms in total. The van der Waals surface area contributed by atoms with Crippen molar-refractivity contribution in [3.8, 4) is 5.75 Å². The fraction of sp³-hybridized carbons (Fsp3) is 0.741. The van der Waals surface area contributed by atoms with Crippen LogP contribution in [-0.2, 0) is 4.79 Å². The van der Waals surface area contributed by atoms with Crippen LogP contribution >= 0.6 is 0 Å². The molecule has 1 amide bonds. The van der Waals surface area contributed by atoms with E-state index in [2.05, 4.69) is 9.80 Å². The summed E-state index contributed by atoms with van der Waals surface area (Å²) in [6.45, 7) is 5.88. The van der Waals surface area contributed by atoms with Gasteiger partial charge in [-0.15, -0.1) is 0 Å². The molecule has 3 heterocycles. The number of likely N-dealkylation sites (tertiary alicyclic amines) is 2. The van der Waals surface area contributed by atoms with E-state index in [1.54, 1.807) is 6.07 Å². The minimum Gasteiger partial charge on any atom is -0.490 e. The van der Waals surface area contributed by atoms with Gasteiger partial charge in [0.2, 0.25) is 5.91 Å². The lowest BCUT2D eigenvalue weighted by molar-refractivity contribution is -0.117. The normalized spacial score (nSPS) is 26.0. The number of ether oxygens (including phenoxy) is 1. The van der Waals surface area contributed by atoms with Gasteiger partial charge in [-0.3, -0.25) is 9.69 Å². The SMILES string of the molecule is O=C1CCC(CN2CCCCC2)N1c1ccc(OCCCN2CCCC23CCCC3)c(F)c1. The molecule has 182 valence electrons. The first-order valence-electron chi connectivity index (χ1n) is 13.4. The highest BCUT2D eigenvalue weighted by Gasteiger charge is 2.42. The van der Waals surface area contributed by atoms with Crippen LogP contribution in [0, 0.1) is 5.82 Å². The van der Waals surface area contributed by atoms with Gasteiger partial charge in [-0.1, -0.05) is 19.3 Å². The minimum absolute atomic E-state index is 0.108. The van der Waals surface area contributed by atoms with Crippen molar-refractivity contribution in [1.29, 1.82) is 0 Å². The molecule has 0 N–H and O–H groups in total. The molecule has 1 aromatic carbocycles. The van der Waals surface area contributed by atoms with E-state index < -0.39 is 0 Å². The van der Waals surface area contributed by atoms with Gasteiger partial charge >= 0.3 is 0 Å². The van der Waals surface area contributed by atoms with Crippen LogP contribution in [0.2, 0.25) is 0 Å². The molecule has 1 spiro atoms. The van der Waals surface area contributed by atoms with Gasteiger partial charge in [-0.05, 0) is 83.1 Å². The van der Waals surface area contributed by atoms with Gasteiger partial charge < -0.3 is 14.5 Å². The van der Waals surface area contributed by atoms with E-state index in [9.17, 15) is 9.18 Å². The first kappa shape index (κ1) is 23.1. The third-order valence-electron chi connectivity index (χ3n) is 8.54. The van der Waals surface area contributed by atoms with E-state index in [1.807, 2.05) is 11.0 Å². The van der Waals surface area contributed by atoms with Crippen molar-refractivity contribution < 1.29 is 13.9 Å².